The molecule has 0 radical (unpaired) electrons. The van der Waals surface area contributed by atoms with Crippen molar-refractivity contribution < 1.29 is 4.43 Å². The van der Waals surface area contributed by atoms with E-state index in [0.717, 1.165) is 42.4 Å². The summed E-state index contributed by atoms with van der Waals surface area (Å²) >= 11 is 3.48. The molecule has 0 spiro atoms. The van der Waals surface area contributed by atoms with E-state index in [-0.39, 0.29) is 5.60 Å². The van der Waals surface area contributed by atoms with Crippen LogP contribution in [0.3, 0.4) is 0 Å². The first-order valence-electron chi connectivity index (χ1n) is 10.5. The van der Waals surface area contributed by atoms with Gasteiger partial charge < -0.3 is 4.43 Å². The maximum atomic E-state index is 7.00. The van der Waals surface area contributed by atoms with Crippen LogP contribution in [-0.2, 0) is 4.43 Å². The molecule has 26 heavy (non-hydrogen) atoms. The third kappa shape index (κ3) is 6.31. The van der Waals surface area contributed by atoms with Crippen molar-refractivity contribution in [1.29, 1.82) is 0 Å². The Bertz CT molecular complexity index is 557. The van der Waals surface area contributed by atoms with E-state index in [1.165, 1.54) is 23.7 Å². The summed E-state index contributed by atoms with van der Waals surface area (Å²) in [6.07, 6.45) is 7.75. The van der Waals surface area contributed by atoms with E-state index in [0.29, 0.717) is 0 Å². The summed E-state index contributed by atoms with van der Waals surface area (Å²) in [5.41, 5.74) is 2.45. The fourth-order valence-electron chi connectivity index (χ4n) is 3.75. The molecule has 1 aromatic heterocycles. The van der Waals surface area contributed by atoms with Gasteiger partial charge in [0.15, 0.2) is 8.32 Å². The van der Waals surface area contributed by atoms with Gasteiger partial charge in [-0.15, -0.1) is 0 Å². The van der Waals surface area contributed by atoms with E-state index in [1.54, 1.807) is 0 Å². The van der Waals surface area contributed by atoms with Crippen molar-refractivity contribution >= 4 is 29.8 Å². The number of hydrogen-bond donors (Lipinski definition) is 0. The van der Waals surface area contributed by atoms with Crippen LogP contribution < -0.4 is 0 Å². The molecule has 0 unspecified atom stereocenters. The van der Waals surface area contributed by atoms with Gasteiger partial charge in [0.2, 0.25) is 0 Å². The molecule has 0 bridgehead atoms. The monoisotopic (exact) mass is 439 g/mol. The molecule has 0 fully saturated rings. The van der Waals surface area contributed by atoms with Crippen LogP contribution in [0.1, 0.15) is 79.3 Å². The Hall–Kier alpha value is -0.453. The van der Waals surface area contributed by atoms with Crippen molar-refractivity contribution in [2.75, 3.05) is 0 Å². The van der Waals surface area contributed by atoms with Gasteiger partial charge in [0.05, 0.1) is 11.3 Å². The van der Waals surface area contributed by atoms with Crippen LogP contribution in [0.15, 0.2) is 28.9 Å². The van der Waals surface area contributed by atoms with Crippen LogP contribution in [0.2, 0.25) is 18.1 Å². The molecule has 0 N–H and O–H groups in total. The highest BCUT2D eigenvalue weighted by Crippen LogP contribution is 2.35. The smallest absolute Gasteiger partial charge is 0.192 e. The summed E-state index contributed by atoms with van der Waals surface area (Å²) in [6, 6.07) is 9.81. The molecule has 0 amide bonds. The van der Waals surface area contributed by atoms with Crippen molar-refractivity contribution in [1.82, 2.24) is 4.98 Å². The Kier molecular flexibility index (Phi) is 10.3. The first kappa shape index (κ1) is 23.6. The molecule has 1 aromatic rings. The van der Waals surface area contributed by atoms with Crippen LogP contribution >= 0.6 is 15.9 Å². The topological polar surface area (TPSA) is 22.1 Å². The zero-order valence-electron chi connectivity index (χ0n) is 17.7. The first-order valence-corrected chi connectivity index (χ1v) is 13.8. The summed E-state index contributed by atoms with van der Waals surface area (Å²) in [5.74, 6) is 0. The Balaban J connectivity index is 2.93. The minimum absolute atomic E-state index is 0.0360. The average molecular weight is 441 g/mol. The Morgan fingerprint density at radius 3 is 2.15 bits per heavy atom. The molecule has 0 aromatic carbocycles. The van der Waals surface area contributed by atoms with Gasteiger partial charge in [0.1, 0.15) is 4.60 Å². The number of hydrogen-bond acceptors (Lipinski definition) is 2. The van der Waals surface area contributed by atoms with Gasteiger partial charge in [-0.1, -0.05) is 53.7 Å². The van der Waals surface area contributed by atoms with Crippen LogP contribution in [0.25, 0.3) is 5.57 Å². The molecular formula is C22H38BrNOSi. The van der Waals surface area contributed by atoms with Crippen molar-refractivity contribution in [2.45, 2.75) is 97.4 Å². The van der Waals surface area contributed by atoms with Gasteiger partial charge in [-0.25, -0.2) is 4.98 Å². The number of rotatable bonds is 12. The highest BCUT2D eigenvalue weighted by atomic mass is 79.9. The lowest BCUT2D eigenvalue weighted by Gasteiger charge is -2.42. The van der Waals surface area contributed by atoms with Crippen molar-refractivity contribution in [3.8, 4) is 0 Å². The predicted molar refractivity (Wildman–Crippen MR) is 121 cm³/mol. The maximum Gasteiger partial charge on any atom is 0.192 e. The van der Waals surface area contributed by atoms with Crippen LogP contribution in [0, 0.1) is 0 Å². The second-order valence-electron chi connectivity index (χ2n) is 7.20. The van der Waals surface area contributed by atoms with Crippen LogP contribution in [-0.4, -0.2) is 18.9 Å². The summed E-state index contributed by atoms with van der Waals surface area (Å²) in [6.45, 7) is 13.8. The SMILES string of the molecule is CC/C(=C/CCC(CC)(CC)O[Si](CC)(CC)CC)c1cccc(Br)n1. The number of aromatic nitrogens is 1. The summed E-state index contributed by atoms with van der Waals surface area (Å²) in [4.78, 5) is 4.62. The second-order valence-corrected chi connectivity index (χ2v) is 12.7. The Morgan fingerprint density at radius 1 is 1.08 bits per heavy atom. The van der Waals surface area contributed by atoms with Crippen molar-refractivity contribution in [2.24, 2.45) is 0 Å². The third-order valence-corrected chi connectivity index (χ3v) is 11.2. The fraction of sp³-hybridized carbons (Fsp3) is 0.682. The normalized spacial score (nSPS) is 13.3. The zero-order valence-corrected chi connectivity index (χ0v) is 20.3. The van der Waals surface area contributed by atoms with Crippen LogP contribution in [0.5, 0.6) is 0 Å². The quantitative estimate of drug-likeness (QED) is 0.243. The Morgan fingerprint density at radius 2 is 1.69 bits per heavy atom. The lowest BCUT2D eigenvalue weighted by Crippen LogP contribution is -2.46. The highest BCUT2D eigenvalue weighted by molar-refractivity contribution is 9.10. The molecule has 2 nitrogen and oxygen atoms in total. The van der Waals surface area contributed by atoms with Gasteiger partial charge in [0.25, 0.3) is 0 Å². The van der Waals surface area contributed by atoms with E-state index in [2.05, 4.69) is 80.7 Å². The third-order valence-electron chi connectivity index (χ3n) is 6.07. The van der Waals surface area contributed by atoms with Crippen molar-refractivity contribution in [3.63, 3.8) is 0 Å². The fourth-order valence-corrected chi connectivity index (χ4v) is 7.34. The van der Waals surface area contributed by atoms with Gasteiger partial charge in [-0.05, 0) is 83.9 Å². The minimum atomic E-state index is -1.59. The van der Waals surface area contributed by atoms with Gasteiger partial charge in [-0.2, -0.15) is 0 Å². The molecule has 0 aliphatic rings. The van der Waals surface area contributed by atoms with Gasteiger partial charge >= 0.3 is 0 Å². The summed E-state index contributed by atoms with van der Waals surface area (Å²) in [7, 11) is -1.59. The molecule has 4 heteroatoms. The average Bonchev–Trinajstić information content (AvgIpc) is 2.68. The molecule has 0 aliphatic carbocycles. The predicted octanol–water partition coefficient (Wildman–Crippen LogP) is 8.00. The van der Waals surface area contributed by atoms with E-state index in [9.17, 15) is 0 Å². The largest absolute Gasteiger partial charge is 0.411 e. The van der Waals surface area contributed by atoms with E-state index >= 15 is 0 Å². The molecule has 1 rings (SSSR count). The number of halogens is 1. The molecule has 0 saturated carbocycles. The number of allylic oxidation sites excluding steroid dienone is 2. The molecular weight excluding hydrogens is 402 g/mol. The van der Waals surface area contributed by atoms with Crippen molar-refractivity contribution in [3.05, 3.63) is 34.6 Å². The molecule has 148 valence electrons. The van der Waals surface area contributed by atoms with E-state index < -0.39 is 8.32 Å². The lowest BCUT2D eigenvalue weighted by atomic mass is 9.91. The molecule has 0 aliphatic heterocycles. The first-order chi connectivity index (χ1) is 12.4. The maximum absolute atomic E-state index is 7.00. The standard InChI is InChI=1S/C22H38BrNOSi/c1-7-19(20-16-13-17-21(23)24-20)15-14-18-22(8-2,9-3)25-26(10-4,11-5)12-6/h13,15-17H,7-12,14,18H2,1-6H3/b19-15-. The molecule has 0 atom stereocenters. The summed E-state index contributed by atoms with van der Waals surface area (Å²) < 4.78 is 7.90. The Labute approximate surface area is 171 Å². The van der Waals surface area contributed by atoms with Gasteiger partial charge in [0, 0.05) is 0 Å². The second kappa shape index (κ2) is 11.4. The lowest BCUT2D eigenvalue weighted by molar-refractivity contribution is 0.0397. The van der Waals surface area contributed by atoms with Crippen LogP contribution in [0.4, 0.5) is 0 Å². The molecule has 1 heterocycles. The summed E-state index contributed by atoms with van der Waals surface area (Å²) in [5, 5.41) is 0. The number of pyridine rings is 1. The van der Waals surface area contributed by atoms with E-state index in [4.69, 9.17) is 4.43 Å². The highest BCUT2D eigenvalue weighted by Gasteiger charge is 2.38. The van der Waals surface area contributed by atoms with E-state index in [1.807, 2.05) is 6.07 Å². The molecule has 0 saturated heterocycles. The zero-order chi connectivity index (χ0) is 19.6. The number of nitrogens with zero attached hydrogens (tertiary/aromatic N) is 1. The van der Waals surface area contributed by atoms with Gasteiger partial charge in [-0.3, -0.25) is 0 Å². The minimum Gasteiger partial charge on any atom is -0.411 e.